The number of amides is 1. The molecule has 2 fully saturated rings. The number of carbonyl (C=O) groups is 1. The van der Waals surface area contributed by atoms with E-state index in [1.165, 1.54) is 18.2 Å². The molecule has 1 N–H and O–H groups in total. The number of fused-ring (bicyclic) bond motifs is 1. The molecule has 0 unspecified atom stereocenters. The number of nitrogens with zero attached hydrogens (tertiary/aromatic N) is 4. The summed E-state index contributed by atoms with van der Waals surface area (Å²) in [6, 6.07) is 12.0. The lowest BCUT2D eigenvalue weighted by Gasteiger charge is -2.35. The Morgan fingerprint density at radius 3 is 2.32 bits per heavy atom. The molecular formula is C31H31F6N5O2. The number of carbonyl (C=O) groups excluding carboxylic acids is 1. The number of nitriles is 1. The quantitative estimate of drug-likeness (QED) is 0.316. The van der Waals surface area contributed by atoms with Gasteiger partial charge in [-0.3, -0.25) is 14.7 Å². The first-order valence-corrected chi connectivity index (χ1v) is 14.4. The van der Waals surface area contributed by atoms with Crippen LogP contribution < -0.4 is 5.32 Å². The molecule has 2 heterocycles. The van der Waals surface area contributed by atoms with Crippen molar-refractivity contribution >= 4 is 22.5 Å². The number of anilines is 1. The molecule has 1 saturated heterocycles. The zero-order valence-corrected chi connectivity index (χ0v) is 23.7. The lowest BCUT2D eigenvalue weighted by Crippen LogP contribution is -2.49. The summed E-state index contributed by atoms with van der Waals surface area (Å²) in [6.45, 7) is 2.77. The number of rotatable bonds is 7. The molecule has 2 aliphatic rings. The number of alkyl halides is 6. The van der Waals surface area contributed by atoms with Gasteiger partial charge in [0.15, 0.2) is 0 Å². The van der Waals surface area contributed by atoms with Gasteiger partial charge >= 0.3 is 12.4 Å². The first-order valence-electron chi connectivity index (χ1n) is 14.4. The maximum Gasteiger partial charge on any atom is 0.417 e. The Balaban J connectivity index is 1.03. The third-order valence-electron chi connectivity index (χ3n) is 8.12. The van der Waals surface area contributed by atoms with Gasteiger partial charge in [0.1, 0.15) is 6.61 Å². The van der Waals surface area contributed by atoms with Gasteiger partial charge in [0.05, 0.1) is 40.1 Å². The topological polar surface area (TPSA) is 81.5 Å². The zero-order valence-electron chi connectivity index (χ0n) is 23.7. The molecule has 1 amide bonds. The van der Waals surface area contributed by atoms with E-state index in [1.807, 2.05) is 0 Å². The molecule has 7 nitrogen and oxygen atoms in total. The number of hydrogen-bond donors (Lipinski definition) is 1. The minimum atomic E-state index is -4.61. The van der Waals surface area contributed by atoms with Gasteiger partial charge < -0.3 is 15.0 Å². The van der Waals surface area contributed by atoms with Gasteiger partial charge in [-0.15, -0.1) is 0 Å². The molecule has 5 rings (SSSR count). The molecular weight excluding hydrogens is 588 g/mol. The van der Waals surface area contributed by atoms with Gasteiger partial charge in [-0.25, -0.2) is 0 Å². The normalized spacial score (nSPS) is 20.0. The van der Waals surface area contributed by atoms with E-state index in [-0.39, 0.29) is 24.7 Å². The summed E-state index contributed by atoms with van der Waals surface area (Å²) < 4.78 is 84.6. The molecule has 1 saturated carbocycles. The van der Waals surface area contributed by atoms with E-state index in [0.29, 0.717) is 75.0 Å². The summed E-state index contributed by atoms with van der Waals surface area (Å²) in [6.07, 6.45) is -6.46. The maximum absolute atomic E-state index is 13.3. The summed E-state index contributed by atoms with van der Waals surface area (Å²) in [5.74, 6) is -0.105. The smallest absolute Gasteiger partial charge is 0.382 e. The number of nitrogens with one attached hydrogen (secondary N) is 1. The van der Waals surface area contributed by atoms with Crippen molar-refractivity contribution in [2.75, 3.05) is 38.1 Å². The second kappa shape index (κ2) is 13.0. The average Bonchev–Trinajstić information content (AvgIpc) is 2.99. The monoisotopic (exact) mass is 619 g/mol. The lowest BCUT2D eigenvalue weighted by atomic mass is 9.92. The van der Waals surface area contributed by atoms with E-state index >= 15 is 0 Å². The Bertz CT molecular complexity index is 1520. The van der Waals surface area contributed by atoms with Crippen LogP contribution in [-0.2, 0) is 28.4 Å². The van der Waals surface area contributed by atoms with Crippen LogP contribution in [0.4, 0.5) is 32.0 Å². The van der Waals surface area contributed by atoms with Crippen LogP contribution >= 0.6 is 0 Å². The van der Waals surface area contributed by atoms with Gasteiger partial charge in [-0.05, 0) is 68.1 Å². The first kappa shape index (κ1) is 31.5. The highest BCUT2D eigenvalue weighted by Crippen LogP contribution is 2.35. The zero-order chi connectivity index (χ0) is 31.5. The van der Waals surface area contributed by atoms with Crippen molar-refractivity contribution in [3.63, 3.8) is 0 Å². The minimum Gasteiger partial charge on any atom is -0.382 e. The predicted molar refractivity (Wildman–Crippen MR) is 150 cm³/mol. The Kier molecular flexibility index (Phi) is 9.31. The molecule has 44 heavy (non-hydrogen) atoms. The van der Waals surface area contributed by atoms with Crippen molar-refractivity contribution in [3.8, 4) is 6.07 Å². The van der Waals surface area contributed by atoms with Crippen molar-refractivity contribution in [1.29, 1.82) is 5.26 Å². The summed E-state index contributed by atoms with van der Waals surface area (Å²) in [7, 11) is 0. The van der Waals surface area contributed by atoms with E-state index in [1.54, 1.807) is 23.1 Å². The summed E-state index contributed by atoms with van der Waals surface area (Å²) in [4.78, 5) is 21.2. The third-order valence-corrected chi connectivity index (χ3v) is 8.12. The highest BCUT2D eigenvalue weighted by Gasteiger charge is 2.34. The van der Waals surface area contributed by atoms with Crippen LogP contribution in [0.2, 0.25) is 0 Å². The predicted octanol–water partition coefficient (Wildman–Crippen LogP) is 6.23. The van der Waals surface area contributed by atoms with E-state index < -0.39 is 29.0 Å². The van der Waals surface area contributed by atoms with Crippen molar-refractivity contribution < 1.29 is 35.9 Å². The molecule has 234 valence electrons. The molecule has 1 aliphatic heterocycles. The van der Waals surface area contributed by atoms with E-state index in [4.69, 9.17) is 10.00 Å². The number of ether oxygens (including phenoxy) is 1. The molecule has 0 spiro atoms. The maximum atomic E-state index is 13.3. The molecule has 0 bridgehead atoms. The van der Waals surface area contributed by atoms with Crippen LogP contribution in [0.1, 0.15) is 48.1 Å². The SMILES string of the molecule is N#Cc1ccc(NC2CCC(OCC(=O)N3CCN(Cc4ccc5cc(C(F)(F)F)ccc5n4)CC3)CC2)cc1C(F)(F)F. The Morgan fingerprint density at radius 1 is 0.932 bits per heavy atom. The van der Waals surface area contributed by atoms with Crippen molar-refractivity contribution in [2.24, 2.45) is 0 Å². The number of piperazine rings is 1. The number of hydrogen-bond acceptors (Lipinski definition) is 6. The van der Waals surface area contributed by atoms with Gasteiger partial charge in [0.25, 0.3) is 0 Å². The Labute approximate surface area is 250 Å². The highest BCUT2D eigenvalue weighted by atomic mass is 19.4. The second-order valence-electron chi connectivity index (χ2n) is 11.2. The fraction of sp³-hybridized carbons (Fsp3) is 0.452. The van der Waals surface area contributed by atoms with E-state index in [9.17, 15) is 31.1 Å². The summed E-state index contributed by atoms with van der Waals surface area (Å²) in [5.41, 5.74) is -0.536. The molecule has 2 aromatic carbocycles. The minimum absolute atomic E-state index is 0.0397. The summed E-state index contributed by atoms with van der Waals surface area (Å²) >= 11 is 0. The average molecular weight is 620 g/mol. The van der Waals surface area contributed by atoms with E-state index in [0.717, 1.165) is 23.9 Å². The number of halogens is 6. The Morgan fingerprint density at radius 2 is 1.66 bits per heavy atom. The fourth-order valence-electron chi connectivity index (χ4n) is 5.67. The van der Waals surface area contributed by atoms with Gasteiger partial charge in [-0.2, -0.15) is 31.6 Å². The van der Waals surface area contributed by atoms with Crippen molar-refractivity contribution in [2.45, 2.75) is 56.7 Å². The molecule has 1 aromatic heterocycles. The van der Waals surface area contributed by atoms with Crippen LogP contribution in [0.15, 0.2) is 48.5 Å². The van der Waals surface area contributed by atoms with Crippen LogP contribution in [0.3, 0.4) is 0 Å². The standard InChI is InChI=1S/C31H31F6N5O2/c32-30(33,34)22-3-10-28-20(15-22)1-5-25(40-28)18-41-11-13-42(14-12-41)29(43)19-44-26-8-6-23(7-9-26)39-24-4-2-21(17-38)27(16-24)31(35,36)37/h1-5,10,15-16,23,26,39H,6-9,11-14,18-19H2. The Hall–Kier alpha value is -3.89. The van der Waals surface area contributed by atoms with Gasteiger partial charge in [-0.1, -0.05) is 6.07 Å². The van der Waals surface area contributed by atoms with Crippen LogP contribution in [0, 0.1) is 11.3 Å². The number of benzene rings is 2. The molecule has 3 aromatic rings. The molecule has 13 heteroatoms. The first-order chi connectivity index (χ1) is 20.9. The number of aromatic nitrogens is 1. The third kappa shape index (κ3) is 7.78. The second-order valence-corrected chi connectivity index (χ2v) is 11.2. The van der Waals surface area contributed by atoms with Gasteiger partial charge in [0.2, 0.25) is 5.91 Å². The van der Waals surface area contributed by atoms with Crippen molar-refractivity contribution in [1.82, 2.24) is 14.8 Å². The molecule has 0 atom stereocenters. The van der Waals surface area contributed by atoms with Crippen molar-refractivity contribution in [3.05, 3.63) is 70.9 Å². The van der Waals surface area contributed by atoms with E-state index in [2.05, 4.69) is 15.2 Å². The van der Waals surface area contributed by atoms with Crippen LogP contribution in [0.5, 0.6) is 0 Å². The fourth-order valence-corrected chi connectivity index (χ4v) is 5.67. The lowest BCUT2D eigenvalue weighted by molar-refractivity contribution is -0.141. The summed E-state index contributed by atoms with van der Waals surface area (Å²) in [5, 5.41) is 12.5. The van der Waals surface area contributed by atoms with Crippen LogP contribution in [-0.4, -0.2) is 65.6 Å². The number of pyridine rings is 1. The molecule has 1 aliphatic carbocycles. The largest absolute Gasteiger partial charge is 0.417 e. The highest BCUT2D eigenvalue weighted by molar-refractivity contribution is 5.79. The van der Waals surface area contributed by atoms with Crippen LogP contribution in [0.25, 0.3) is 10.9 Å². The molecule has 0 radical (unpaired) electrons. The van der Waals surface area contributed by atoms with Gasteiger partial charge in [0, 0.05) is 49.8 Å².